The van der Waals surface area contributed by atoms with Gasteiger partial charge in [0.25, 0.3) is 6.43 Å². The van der Waals surface area contributed by atoms with Crippen LogP contribution in [0.2, 0.25) is 0 Å². The van der Waals surface area contributed by atoms with Crippen LogP contribution in [0.4, 0.5) is 13.2 Å². The summed E-state index contributed by atoms with van der Waals surface area (Å²) in [4.78, 5) is 11.7. The van der Waals surface area contributed by atoms with E-state index in [1.54, 1.807) is 37.3 Å². The number of phenols is 1. The number of aryl methyl sites for hydroxylation is 1. The first kappa shape index (κ1) is 22.8. The molecule has 0 atom stereocenters. The van der Waals surface area contributed by atoms with Gasteiger partial charge in [0.15, 0.2) is 0 Å². The highest BCUT2D eigenvalue weighted by Crippen LogP contribution is 2.58. The Morgan fingerprint density at radius 2 is 1.82 bits per heavy atom. The minimum Gasteiger partial charge on any atom is -0.508 e. The molecule has 3 aromatic rings. The molecule has 180 valence electrons. The summed E-state index contributed by atoms with van der Waals surface area (Å²) in [6.45, 7) is 2.79. The highest BCUT2D eigenvalue weighted by molar-refractivity contribution is 5.90. The molecule has 1 saturated carbocycles. The molecule has 2 N–H and O–H groups in total. The first-order valence-corrected chi connectivity index (χ1v) is 11.5. The maximum absolute atomic E-state index is 14.1. The SMILES string of the molecule is Cc1cc(-n2c(C3CCOCC3)c([C@H]3C[C@@](C(=O)O)(C(F)F)C3)c3cc(O)ccc32)ccc1F. The highest BCUT2D eigenvalue weighted by atomic mass is 19.3. The molecule has 0 bridgehead atoms. The number of carbonyl (C=O) groups is 1. The molecule has 1 saturated heterocycles. The Labute approximate surface area is 194 Å². The number of carboxylic acid groups (broad SMARTS) is 1. The van der Waals surface area contributed by atoms with Gasteiger partial charge >= 0.3 is 5.97 Å². The molecular formula is C26H26F3NO4. The molecule has 34 heavy (non-hydrogen) atoms. The van der Waals surface area contributed by atoms with Crippen LogP contribution in [0.15, 0.2) is 36.4 Å². The highest BCUT2D eigenvalue weighted by Gasteiger charge is 2.58. The van der Waals surface area contributed by atoms with Crippen LogP contribution in [0.5, 0.6) is 5.75 Å². The number of hydrogen-bond donors (Lipinski definition) is 2. The lowest BCUT2D eigenvalue weighted by molar-refractivity contribution is -0.171. The molecule has 2 heterocycles. The number of aromatic nitrogens is 1. The quantitative estimate of drug-likeness (QED) is 0.485. The number of aliphatic carboxylic acids is 1. The van der Waals surface area contributed by atoms with Gasteiger partial charge in [-0.2, -0.15) is 0 Å². The van der Waals surface area contributed by atoms with E-state index in [4.69, 9.17) is 4.74 Å². The third-order valence-corrected chi connectivity index (χ3v) is 7.51. The molecule has 2 aromatic carbocycles. The van der Waals surface area contributed by atoms with E-state index in [-0.39, 0.29) is 30.3 Å². The number of rotatable bonds is 5. The van der Waals surface area contributed by atoms with Crippen LogP contribution in [-0.4, -0.2) is 40.4 Å². The average Bonchev–Trinajstić information content (AvgIpc) is 3.09. The van der Waals surface area contributed by atoms with Crippen LogP contribution in [0.3, 0.4) is 0 Å². The lowest BCUT2D eigenvalue weighted by atomic mass is 9.59. The fourth-order valence-corrected chi connectivity index (χ4v) is 5.64. The topological polar surface area (TPSA) is 71.7 Å². The summed E-state index contributed by atoms with van der Waals surface area (Å²) in [5, 5.41) is 20.5. The van der Waals surface area contributed by atoms with E-state index >= 15 is 0 Å². The molecule has 1 aromatic heterocycles. The van der Waals surface area contributed by atoms with Crippen molar-refractivity contribution in [2.45, 2.75) is 50.9 Å². The van der Waals surface area contributed by atoms with Gasteiger partial charge in [-0.1, -0.05) is 0 Å². The fraction of sp³-hybridized carbons (Fsp3) is 0.423. The smallest absolute Gasteiger partial charge is 0.315 e. The Balaban J connectivity index is 1.75. The van der Waals surface area contributed by atoms with Gasteiger partial charge < -0.3 is 19.5 Å². The summed E-state index contributed by atoms with van der Waals surface area (Å²) in [7, 11) is 0. The van der Waals surface area contributed by atoms with Gasteiger partial charge in [0.2, 0.25) is 0 Å². The van der Waals surface area contributed by atoms with Crippen LogP contribution >= 0.6 is 0 Å². The molecular weight excluding hydrogens is 447 g/mol. The van der Waals surface area contributed by atoms with Crippen LogP contribution < -0.4 is 0 Å². The molecule has 0 amide bonds. The molecule has 5 nitrogen and oxygen atoms in total. The number of phenolic OH excluding ortho intramolecular Hbond substituents is 1. The van der Waals surface area contributed by atoms with E-state index in [9.17, 15) is 28.2 Å². The van der Waals surface area contributed by atoms with Crippen molar-refractivity contribution in [1.29, 1.82) is 0 Å². The molecule has 1 aliphatic heterocycles. The molecule has 2 fully saturated rings. The van der Waals surface area contributed by atoms with Gasteiger partial charge in [0.1, 0.15) is 17.0 Å². The molecule has 0 unspecified atom stereocenters. The second kappa shape index (κ2) is 8.34. The predicted molar refractivity (Wildman–Crippen MR) is 120 cm³/mol. The maximum atomic E-state index is 14.1. The fourth-order valence-electron chi connectivity index (χ4n) is 5.64. The minimum atomic E-state index is -2.96. The number of nitrogens with zero attached hydrogens (tertiary/aromatic N) is 1. The van der Waals surface area contributed by atoms with Crippen molar-refractivity contribution in [3.05, 3.63) is 59.0 Å². The Kier molecular flexibility index (Phi) is 5.59. The van der Waals surface area contributed by atoms with Crippen molar-refractivity contribution in [2.75, 3.05) is 13.2 Å². The lowest BCUT2D eigenvalue weighted by Crippen LogP contribution is -2.48. The minimum absolute atomic E-state index is 0.0393. The molecule has 8 heteroatoms. The Bertz CT molecular complexity index is 1260. The van der Waals surface area contributed by atoms with Crippen LogP contribution in [-0.2, 0) is 9.53 Å². The van der Waals surface area contributed by atoms with E-state index in [0.29, 0.717) is 24.2 Å². The standard InChI is InChI=1S/C26H26F3NO4/c1-14-10-17(2-4-20(14)27)30-21-5-3-18(31)11-19(21)22(23(30)15-6-8-34-9-7-15)16-12-26(13-16,24(28)29)25(32)33/h2-5,10-11,15-16,24,31H,6-9,12-13H2,1H3,(H,32,33)/t16-,26-. The van der Waals surface area contributed by atoms with E-state index in [1.165, 1.54) is 6.07 Å². The van der Waals surface area contributed by atoms with Gasteiger partial charge in [-0.05, 0) is 86.1 Å². The normalized spacial score (nSPS) is 23.4. The number of hydrogen-bond acceptors (Lipinski definition) is 3. The van der Waals surface area contributed by atoms with E-state index in [2.05, 4.69) is 0 Å². The summed E-state index contributed by atoms with van der Waals surface area (Å²) < 4.78 is 49.2. The predicted octanol–water partition coefficient (Wildman–Crippen LogP) is 5.89. The lowest BCUT2D eigenvalue weighted by Gasteiger charge is -2.44. The molecule has 0 radical (unpaired) electrons. The largest absolute Gasteiger partial charge is 0.508 e. The third kappa shape index (κ3) is 3.47. The van der Waals surface area contributed by atoms with E-state index in [1.807, 2.05) is 4.57 Å². The summed E-state index contributed by atoms with van der Waals surface area (Å²) >= 11 is 0. The molecule has 0 spiro atoms. The first-order chi connectivity index (χ1) is 16.2. The van der Waals surface area contributed by atoms with Gasteiger partial charge in [0, 0.05) is 35.9 Å². The zero-order chi connectivity index (χ0) is 24.2. The van der Waals surface area contributed by atoms with Gasteiger partial charge in [-0.15, -0.1) is 0 Å². The van der Waals surface area contributed by atoms with Crippen molar-refractivity contribution in [1.82, 2.24) is 4.57 Å². The number of alkyl halides is 2. The van der Waals surface area contributed by atoms with Gasteiger partial charge in [-0.3, -0.25) is 4.79 Å². The van der Waals surface area contributed by atoms with Crippen molar-refractivity contribution in [3.63, 3.8) is 0 Å². The third-order valence-electron chi connectivity index (χ3n) is 7.51. The second-order valence-electron chi connectivity index (χ2n) is 9.52. The Hall–Kier alpha value is -3.00. The van der Waals surface area contributed by atoms with Gasteiger partial charge in [0.05, 0.1) is 5.52 Å². The second-order valence-corrected chi connectivity index (χ2v) is 9.52. The van der Waals surface area contributed by atoms with E-state index < -0.39 is 23.7 Å². The maximum Gasteiger partial charge on any atom is 0.315 e. The number of aromatic hydroxyl groups is 1. The van der Waals surface area contributed by atoms with Crippen molar-refractivity contribution >= 4 is 16.9 Å². The zero-order valence-electron chi connectivity index (χ0n) is 18.7. The number of benzene rings is 2. The Morgan fingerprint density at radius 3 is 2.44 bits per heavy atom. The summed E-state index contributed by atoms with van der Waals surface area (Å²) in [6, 6.07) is 9.78. The summed E-state index contributed by atoms with van der Waals surface area (Å²) in [5.74, 6) is -2.11. The van der Waals surface area contributed by atoms with Crippen molar-refractivity contribution in [3.8, 4) is 11.4 Å². The average molecular weight is 473 g/mol. The van der Waals surface area contributed by atoms with Crippen LogP contribution in [0, 0.1) is 18.2 Å². The first-order valence-electron chi connectivity index (χ1n) is 11.5. The summed E-state index contributed by atoms with van der Waals surface area (Å²) in [6.07, 6.45) is -1.86. The zero-order valence-corrected chi connectivity index (χ0v) is 18.7. The molecule has 5 rings (SSSR count). The molecule has 1 aliphatic carbocycles. The van der Waals surface area contributed by atoms with Crippen molar-refractivity contribution in [2.24, 2.45) is 5.41 Å². The van der Waals surface area contributed by atoms with Crippen LogP contribution in [0.25, 0.3) is 16.6 Å². The number of halogens is 3. The summed E-state index contributed by atoms with van der Waals surface area (Å²) in [5.41, 5.74) is 1.63. The Morgan fingerprint density at radius 1 is 1.12 bits per heavy atom. The van der Waals surface area contributed by atoms with Crippen LogP contribution in [0.1, 0.15) is 54.3 Å². The number of carboxylic acids is 1. The molecule has 2 aliphatic rings. The number of ether oxygens (including phenoxy) is 1. The van der Waals surface area contributed by atoms with Gasteiger partial charge in [-0.25, -0.2) is 13.2 Å². The van der Waals surface area contributed by atoms with Crippen molar-refractivity contribution < 1.29 is 32.9 Å². The van der Waals surface area contributed by atoms with E-state index in [0.717, 1.165) is 35.3 Å². The monoisotopic (exact) mass is 473 g/mol. The number of fused-ring (bicyclic) bond motifs is 1.